The van der Waals surface area contributed by atoms with Crippen molar-refractivity contribution in [3.8, 4) is 6.07 Å². The van der Waals surface area contributed by atoms with E-state index in [1.165, 1.54) is 24.0 Å². The SMILES string of the molecule is N#Cc1cc2c(nc1NCc1ccccc1)CCCC2. The highest BCUT2D eigenvalue weighted by Crippen LogP contribution is 2.24. The molecule has 0 atom stereocenters. The fourth-order valence-corrected chi connectivity index (χ4v) is 2.64. The van der Waals surface area contributed by atoms with Crippen molar-refractivity contribution >= 4 is 5.82 Å². The average molecular weight is 263 g/mol. The Balaban J connectivity index is 1.83. The minimum atomic E-state index is 0.654. The first-order chi connectivity index (χ1) is 9.86. The van der Waals surface area contributed by atoms with E-state index in [1.54, 1.807) is 0 Å². The summed E-state index contributed by atoms with van der Waals surface area (Å²) in [7, 11) is 0. The molecule has 1 aliphatic rings. The van der Waals surface area contributed by atoms with Crippen molar-refractivity contribution in [2.45, 2.75) is 32.2 Å². The van der Waals surface area contributed by atoms with Gasteiger partial charge >= 0.3 is 0 Å². The van der Waals surface area contributed by atoms with Crippen molar-refractivity contribution in [1.29, 1.82) is 5.26 Å². The molecule has 1 aliphatic carbocycles. The van der Waals surface area contributed by atoms with Crippen LogP contribution in [0.3, 0.4) is 0 Å². The first-order valence-electron chi connectivity index (χ1n) is 7.07. The summed E-state index contributed by atoms with van der Waals surface area (Å²) in [5.74, 6) is 0.719. The second-order valence-corrected chi connectivity index (χ2v) is 5.15. The summed E-state index contributed by atoms with van der Waals surface area (Å²) in [4.78, 5) is 4.67. The van der Waals surface area contributed by atoms with Gasteiger partial charge in [-0.2, -0.15) is 5.26 Å². The molecule has 1 aromatic heterocycles. The molecule has 0 unspecified atom stereocenters. The van der Waals surface area contributed by atoms with Gasteiger partial charge in [-0.15, -0.1) is 0 Å². The molecular formula is C17H17N3. The monoisotopic (exact) mass is 263 g/mol. The Labute approximate surface area is 119 Å². The van der Waals surface area contributed by atoms with Gasteiger partial charge in [0.2, 0.25) is 0 Å². The fraction of sp³-hybridized carbons (Fsp3) is 0.294. The lowest BCUT2D eigenvalue weighted by Gasteiger charge is -2.17. The van der Waals surface area contributed by atoms with Crippen molar-refractivity contribution < 1.29 is 0 Å². The Morgan fingerprint density at radius 2 is 1.95 bits per heavy atom. The molecule has 3 rings (SSSR count). The first kappa shape index (κ1) is 12.7. The van der Waals surface area contributed by atoms with Crippen LogP contribution in [-0.4, -0.2) is 4.98 Å². The van der Waals surface area contributed by atoms with Gasteiger partial charge < -0.3 is 5.32 Å². The Bertz CT molecular complexity index is 641. The molecule has 0 fully saturated rings. The van der Waals surface area contributed by atoms with E-state index in [1.807, 2.05) is 24.3 Å². The van der Waals surface area contributed by atoms with Crippen LogP contribution in [0.1, 0.15) is 35.2 Å². The van der Waals surface area contributed by atoms with Gasteiger partial charge in [-0.05, 0) is 42.9 Å². The van der Waals surface area contributed by atoms with Gasteiger partial charge in [-0.25, -0.2) is 4.98 Å². The van der Waals surface area contributed by atoms with E-state index in [9.17, 15) is 5.26 Å². The van der Waals surface area contributed by atoms with E-state index < -0.39 is 0 Å². The number of anilines is 1. The van der Waals surface area contributed by atoms with E-state index >= 15 is 0 Å². The molecule has 2 aromatic rings. The van der Waals surface area contributed by atoms with Crippen LogP contribution in [0, 0.1) is 11.3 Å². The number of nitrogens with zero attached hydrogens (tertiary/aromatic N) is 2. The topological polar surface area (TPSA) is 48.7 Å². The molecule has 100 valence electrons. The van der Waals surface area contributed by atoms with Gasteiger partial charge in [0.25, 0.3) is 0 Å². The summed E-state index contributed by atoms with van der Waals surface area (Å²) in [6, 6.07) is 14.4. The molecule has 1 aromatic carbocycles. The molecule has 0 radical (unpaired) electrons. The van der Waals surface area contributed by atoms with Crippen LogP contribution in [-0.2, 0) is 19.4 Å². The zero-order valence-corrected chi connectivity index (χ0v) is 11.4. The predicted molar refractivity (Wildman–Crippen MR) is 79.4 cm³/mol. The van der Waals surface area contributed by atoms with Crippen molar-refractivity contribution in [3.63, 3.8) is 0 Å². The number of rotatable bonds is 3. The van der Waals surface area contributed by atoms with Crippen LogP contribution < -0.4 is 5.32 Å². The summed E-state index contributed by atoms with van der Waals surface area (Å²) in [5.41, 5.74) is 4.25. The Morgan fingerprint density at radius 1 is 1.15 bits per heavy atom. The lowest BCUT2D eigenvalue weighted by Crippen LogP contribution is -2.10. The van der Waals surface area contributed by atoms with Crippen molar-refractivity contribution in [2.75, 3.05) is 5.32 Å². The van der Waals surface area contributed by atoms with E-state index in [0.29, 0.717) is 12.1 Å². The fourth-order valence-electron chi connectivity index (χ4n) is 2.64. The van der Waals surface area contributed by atoms with Gasteiger partial charge in [-0.1, -0.05) is 30.3 Å². The lowest BCUT2D eigenvalue weighted by atomic mass is 9.95. The molecule has 3 nitrogen and oxygen atoms in total. The summed E-state index contributed by atoms with van der Waals surface area (Å²) >= 11 is 0. The number of benzene rings is 1. The van der Waals surface area contributed by atoms with E-state index in [0.717, 1.165) is 24.4 Å². The van der Waals surface area contributed by atoms with Gasteiger partial charge in [0.1, 0.15) is 11.9 Å². The molecule has 1 N–H and O–H groups in total. The molecule has 0 saturated heterocycles. The quantitative estimate of drug-likeness (QED) is 0.922. The van der Waals surface area contributed by atoms with Crippen molar-refractivity contribution in [1.82, 2.24) is 4.98 Å². The second kappa shape index (κ2) is 5.75. The third-order valence-electron chi connectivity index (χ3n) is 3.72. The molecule has 1 heterocycles. The predicted octanol–water partition coefficient (Wildman–Crippen LogP) is 3.44. The highest BCUT2D eigenvalue weighted by atomic mass is 15.0. The highest BCUT2D eigenvalue weighted by molar-refractivity contribution is 5.54. The number of aryl methyl sites for hydroxylation is 2. The average Bonchev–Trinajstić information content (AvgIpc) is 2.53. The number of fused-ring (bicyclic) bond motifs is 1. The van der Waals surface area contributed by atoms with E-state index in [4.69, 9.17) is 0 Å². The minimum absolute atomic E-state index is 0.654. The third kappa shape index (κ3) is 2.65. The molecule has 3 heteroatoms. The normalized spacial score (nSPS) is 13.3. The number of aromatic nitrogens is 1. The second-order valence-electron chi connectivity index (χ2n) is 5.15. The maximum atomic E-state index is 9.29. The van der Waals surface area contributed by atoms with Crippen LogP contribution >= 0.6 is 0 Å². The van der Waals surface area contributed by atoms with E-state index in [2.05, 4.69) is 28.5 Å². The van der Waals surface area contributed by atoms with Crippen molar-refractivity contribution in [2.24, 2.45) is 0 Å². The first-order valence-corrected chi connectivity index (χ1v) is 7.07. The van der Waals surface area contributed by atoms with Crippen LogP contribution in [0.25, 0.3) is 0 Å². The molecular weight excluding hydrogens is 246 g/mol. The smallest absolute Gasteiger partial charge is 0.144 e. The number of hydrogen-bond donors (Lipinski definition) is 1. The highest BCUT2D eigenvalue weighted by Gasteiger charge is 2.14. The summed E-state index contributed by atoms with van der Waals surface area (Å²) in [5, 5.41) is 12.6. The molecule has 0 bridgehead atoms. The number of nitrogens with one attached hydrogen (secondary N) is 1. The van der Waals surface area contributed by atoms with E-state index in [-0.39, 0.29) is 0 Å². The zero-order valence-electron chi connectivity index (χ0n) is 11.4. The van der Waals surface area contributed by atoms with Gasteiger partial charge in [-0.3, -0.25) is 0 Å². The standard InChI is InChI=1S/C17H17N3/c18-11-15-10-14-8-4-5-9-16(14)20-17(15)19-12-13-6-2-1-3-7-13/h1-3,6-7,10H,4-5,8-9,12H2,(H,19,20). The summed E-state index contributed by atoms with van der Waals surface area (Å²) < 4.78 is 0. The Hall–Kier alpha value is -2.34. The van der Waals surface area contributed by atoms with Gasteiger partial charge in [0.15, 0.2) is 0 Å². The lowest BCUT2D eigenvalue weighted by molar-refractivity contribution is 0.668. The van der Waals surface area contributed by atoms with Crippen molar-refractivity contribution in [3.05, 3.63) is 58.8 Å². The van der Waals surface area contributed by atoms with Crippen LogP contribution in [0.2, 0.25) is 0 Å². The maximum absolute atomic E-state index is 9.29. The maximum Gasteiger partial charge on any atom is 0.144 e. The third-order valence-corrected chi connectivity index (χ3v) is 3.72. The number of hydrogen-bond acceptors (Lipinski definition) is 3. The van der Waals surface area contributed by atoms with Crippen LogP contribution in [0.5, 0.6) is 0 Å². The molecule has 0 saturated carbocycles. The molecule has 20 heavy (non-hydrogen) atoms. The molecule has 0 amide bonds. The number of pyridine rings is 1. The zero-order chi connectivity index (χ0) is 13.8. The Morgan fingerprint density at radius 3 is 2.75 bits per heavy atom. The minimum Gasteiger partial charge on any atom is -0.365 e. The molecule has 0 spiro atoms. The van der Waals surface area contributed by atoms with Gasteiger partial charge in [0, 0.05) is 12.2 Å². The largest absolute Gasteiger partial charge is 0.365 e. The summed E-state index contributed by atoms with van der Waals surface area (Å²) in [6.07, 6.45) is 4.48. The number of nitriles is 1. The molecule has 0 aliphatic heterocycles. The van der Waals surface area contributed by atoms with Gasteiger partial charge in [0.05, 0.1) is 5.56 Å². The van der Waals surface area contributed by atoms with Crippen LogP contribution in [0.4, 0.5) is 5.82 Å². The van der Waals surface area contributed by atoms with Crippen LogP contribution in [0.15, 0.2) is 36.4 Å². The Kier molecular flexibility index (Phi) is 3.64. The summed E-state index contributed by atoms with van der Waals surface area (Å²) in [6.45, 7) is 0.696.